The number of ether oxygens (including phenoxy) is 1. The fraction of sp³-hybridized carbons (Fsp3) is 0.800. The SMILES string of the molecule is CC(C)(C)N=C(N)N1CCOC(C#N)C1. The molecule has 0 aromatic carbocycles. The Bertz CT molecular complexity index is 287. The van der Waals surface area contributed by atoms with E-state index in [9.17, 15) is 0 Å². The number of nitrogens with zero attached hydrogens (tertiary/aromatic N) is 3. The Balaban J connectivity index is 2.64. The molecule has 0 spiro atoms. The normalized spacial score (nSPS) is 23.7. The van der Waals surface area contributed by atoms with Gasteiger partial charge in [-0.3, -0.25) is 0 Å². The van der Waals surface area contributed by atoms with E-state index < -0.39 is 6.10 Å². The average Bonchev–Trinajstić information content (AvgIpc) is 2.15. The molecule has 0 radical (unpaired) electrons. The van der Waals surface area contributed by atoms with Gasteiger partial charge in [-0.25, -0.2) is 4.99 Å². The summed E-state index contributed by atoms with van der Waals surface area (Å²) in [7, 11) is 0. The van der Waals surface area contributed by atoms with E-state index in [1.807, 2.05) is 25.7 Å². The number of hydrogen-bond acceptors (Lipinski definition) is 3. The molecule has 0 aromatic heterocycles. The molecule has 5 heteroatoms. The average molecular weight is 210 g/mol. The summed E-state index contributed by atoms with van der Waals surface area (Å²) in [5, 5.41) is 8.74. The molecule has 0 bridgehead atoms. The standard InChI is InChI=1S/C10H18N4O/c1-10(2,3)13-9(12)14-4-5-15-8(6-11)7-14/h8H,4-5,7H2,1-3H3,(H2,12,13). The van der Waals surface area contributed by atoms with Crippen LogP contribution in [0.25, 0.3) is 0 Å². The van der Waals surface area contributed by atoms with E-state index >= 15 is 0 Å². The minimum absolute atomic E-state index is 0.190. The second-order valence-corrected chi connectivity index (χ2v) is 4.58. The fourth-order valence-electron chi connectivity index (χ4n) is 1.35. The minimum Gasteiger partial charge on any atom is -0.370 e. The molecule has 1 rings (SSSR count). The first-order valence-corrected chi connectivity index (χ1v) is 5.04. The Hall–Kier alpha value is -1.28. The van der Waals surface area contributed by atoms with Crippen LogP contribution in [0.1, 0.15) is 20.8 Å². The lowest BCUT2D eigenvalue weighted by Crippen LogP contribution is -2.49. The maximum Gasteiger partial charge on any atom is 0.191 e. The Morgan fingerprint density at radius 1 is 1.60 bits per heavy atom. The van der Waals surface area contributed by atoms with Gasteiger partial charge in [0, 0.05) is 6.54 Å². The Labute approximate surface area is 90.5 Å². The number of guanidine groups is 1. The van der Waals surface area contributed by atoms with Crippen LogP contribution < -0.4 is 5.73 Å². The summed E-state index contributed by atoms with van der Waals surface area (Å²) in [5.41, 5.74) is 5.67. The Kier molecular flexibility index (Phi) is 3.53. The van der Waals surface area contributed by atoms with Gasteiger partial charge in [-0.05, 0) is 20.8 Å². The van der Waals surface area contributed by atoms with Crippen LogP contribution in [0.5, 0.6) is 0 Å². The molecule has 2 N–H and O–H groups in total. The third-order valence-corrected chi connectivity index (χ3v) is 1.98. The van der Waals surface area contributed by atoms with Gasteiger partial charge < -0.3 is 15.4 Å². The summed E-state index contributed by atoms with van der Waals surface area (Å²) >= 11 is 0. The Morgan fingerprint density at radius 3 is 2.80 bits per heavy atom. The van der Waals surface area contributed by atoms with Crippen LogP contribution in [0.3, 0.4) is 0 Å². The molecule has 84 valence electrons. The van der Waals surface area contributed by atoms with Gasteiger partial charge in [-0.2, -0.15) is 5.26 Å². The molecule has 15 heavy (non-hydrogen) atoms. The van der Waals surface area contributed by atoms with Crippen molar-refractivity contribution in [2.75, 3.05) is 19.7 Å². The lowest BCUT2D eigenvalue weighted by molar-refractivity contribution is 0.0258. The van der Waals surface area contributed by atoms with Gasteiger partial charge in [0.2, 0.25) is 0 Å². The maximum atomic E-state index is 8.74. The third kappa shape index (κ3) is 3.76. The largest absolute Gasteiger partial charge is 0.370 e. The van der Waals surface area contributed by atoms with E-state index in [0.29, 0.717) is 25.7 Å². The number of hydrogen-bond donors (Lipinski definition) is 1. The van der Waals surface area contributed by atoms with Crippen LogP contribution in [0.2, 0.25) is 0 Å². The first-order valence-electron chi connectivity index (χ1n) is 5.04. The van der Waals surface area contributed by atoms with Crippen molar-refractivity contribution >= 4 is 5.96 Å². The zero-order valence-corrected chi connectivity index (χ0v) is 9.53. The molecule has 0 aromatic rings. The predicted molar refractivity (Wildman–Crippen MR) is 58.3 cm³/mol. The van der Waals surface area contributed by atoms with Crippen LogP contribution in [-0.2, 0) is 4.74 Å². The second kappa shape index (κ2) is 4.49. The summed E-state index contributed by atoms with van der Waals surface area (Å²) in [6.45, 7) is 7.69. The van der Waals surface area contributed by atoms with Crippen molar-refractivity contribution in [3.63, 3.8) is 0 Å². The van der Waals surface area contributed by atoms with Crippen LogP contribution in [0.15, 0.2) is 4.99 Å². The topological polar surface area (TPSA) is 74.6 Å². The zero-order valence-electron chi connectivity index (χ0n) is 9.53. The lowest BCUT2D eigenvalue weighted by atomic mass is 10.1. The number of nitrogens with two attached hydrogens (primary N) is 1. The van der Waals surface area contributed by atoms with Gasteiger partial charge in [0.05, 0.1) is 24.8 Å². The molecule has 0 amide bonds. The molecule has 1 unspecified atom stereocenters. The molecule has 1 heterocycles. The number of nitriles is 1. The number of morpholine rings is 1. The first-order chi connectivity index (χ1) is 6.92. The number of rotatable bonds is 0. The zero-order chi connectivity index (χ0) is 11.5. The fourth-order valence-corrected chi connectivity index (χ4v) is 1.35. The number of aliphatic imine (C=N–C) groups is 1. The van der Waals surface area contributed by atoms with Gasteiger partial charge >= 0.3 is 0 Å². The first kappa shape index (κ1) is 11.8. The van der Waals surface area contributed by atoms with E-state index in [-0.39, 0.29) is 5.54 Å². The smallest absolute Gasteiger partial charge is 0.191 e. The van der Waals surface area contributed by atoms with Crippen molar-refractivity contribution in [3.8, 4) is 6.07 Å². The summed E-state index contributed by atoms with van der Waals surface area (Å²) in [6.07, 6.45) is -0.396. The van der Waals surface area contributed by atoms with Gasteiger partial charge in [0.15, 0.2) is 12.1 Å². The summed E-state index contributed by atoms with van der Waals surface area (Å²) in [4.78, 5) is 6.25. The van der Waals surface area contributed by atoms with Crippen LogP contribution >= 0.6 is 0 Å². The van der Waals surface area contributed by atoms with Crippen molar-refractivity contribution in [1.29, 1.82) is 5.26 Å². The van der Waals surface area contributed by atoms with E-state index in [1.165, 1.54) is 0 Å². The predicted octanol–water partition coefficient (Wildman–Crippen LogP) is 0.324. The highest BCUT2D eigenvalue weighted by Crippen LogP contribution is 2.09. The van der Waals surface area contributed by atoms with Gasteiger partial charge in [0.1, 0.15) is 0 Å². The second-order valence-electron chi connectivity index (χ2n) is 4.58. The van der Waals surface area contributed by atoms with Crippen LogP contribution in [-0.4, -0.2) is 42.2 Å². The lowest BCUT2D eigenvalue weighted by Gasteiger charge is -2.31. The summed E-state index contributed by atoms with van der Waals surface area (Å²) < 4.78 is 5.22. The van der Waals surface area contributed by atoms with Crippen molar-refractivity contribution in [3.05, 3.63) is 0 Å². The molecule has 1 saturated heterocycles. The van der Waals surface area contributed by atoms with Crippen molar-refractivity contribution < 1.29 is 4.74 Å². The maximum absolute atomic E-state index is 8.74. The highest BCUT2D eigenvalue weighted by atomic mass is 16.5. The molecule has 1 aliphatic rings. The Morgan fingerprint density at radius 2 is 2.27 bits per heavy atom. The van der Waals surface area contributed by atoms with Crippen molar-refractivity contribution in [1.82, 2.24) is 4.90 Å². The van der Waals surface area contributed by atoms with Gasteiger partial charge in [-0.15, -0.1) is 0 Å². The summed E-state index contributed by atoms with van der Waals surface area (Å²) in [6, 6.07) is 2.08. The van der Waals surface area contributed by atoms with E-state index in [0.717, 1.165) is 0 Å². The van der Waals surface area contributed by atoms with Crippen LogP contribution in [0.4, 0.5) is 0 Å². The minimum atomic E-state index is -0.396. The molecular formula is C10H18N4O. The summed E-state index contributed by atoms with van der Waals surface area (Å²) in [5.74, 6) is 0.492. The molecule has 0 aliphatic carbocycles. The van der Waals surface area contributed by atoms with E-state index in [2.05, 4.69) is 11.1 Å². The van der Waals surface area contributed by atoms with E-state index in [4.69, 9.17) is 15.7 Å². The molecule has 1 fully saturated rings. The van der Waals surface area contributed by atoms with Gasteiger partial charge in [-0.1, -0.05) is 0 Å². The third-order valence-electron chi connectivity index (χ3n) is 1.98. The highest BCUT2D eigenvalue weighted by Gasteiger charge is 2.22. The van der Waals surface area contributed by atoms with E-state index in [1.54, 1.807) is 0 Å². The molecule has 1 aliphatic heterocycles. The monoisotopic (exact) mass is 210 g/mol. The molecular weight excluding hydrogens is 192 g/mol. The molecule has 0 saturated carbocycles. The highest BCUT2D eigenvalue weighted by molar-refractivity contribution is 5.78. The van der Waals surface area contributed by atoms with Crippen molar-refractivity contribution in [2.24, 2.45) is 10.7 Å². The van der Waals surface area contributed by atoms with Crippen LogP contribution in [0, 0.1) is 11.3 Å². The molecule has 5 nitrogen and oxygen atoms in total. The molecule has 1 atom stereocenters. The van der Waals surface area contributed by atoms with Crippen molar-refractivity contribution in [2.45, 2.75) is 32.4 Å². The van der Waals surface area contributed by atoms with Gasteiger partial charge in [0.25, 0.3) is 0 Å². The quantitative estimate of drug-likeness (QED) is 0.461.